The van der Waals surface area contributed by atoms with Gasteiger partial charge in [-0.05, 0) is 49.4 Å². The number of thiophene rings is 1. The number of nitrogens with zero attached hydrogens (tertiary/aromatic N) is 1. The maximum absolute atomic E-state index is 12.4. The number of H-pyrrole nitrogens is 1. The molecule has 2 heterocycles. The third kappa shape index (κ3) is 3.01. The van der Waals surface area contributed by atoms with E-state index in [-0.39, 0.29) is 5.91 Å². The average molecular weight is 325 g/mol. The highest BCUT2D eigenvalue weighted by Crippen LogP contribution is 2.28. The number of benzene rings is 1. The van der Waals surface area contributed by atoms with Gasteiger partial charge >= 0.3 is 0 Å². The van der Waals surface area contributed by atoms with Crippen LogP contribution in [0.5, 0.6) is 0 Å². The van der Waals surface area contributed by atoms with Crippen molar-refractivity contribution in [2.75, 3.05) is 0 Å². The van der Waals surface area contributed by atoms with E-state index in [9.17, 15) is 4.79 Å². The van der Waals surface area contributed by atoms with Crippen LogP contribution in [0, 0.1) is 0 Å². The molecule has 1 amide bonds. The fourth-order valence-corrected chi connectivity index (χ4v) is 4.29. The maximum atomic E-state index is 12.4. The molecule has 2 N–H and O–H groups in total. The molecule has 4 rings (SSSR count). The fourth-order valence-electron chi connectivity index (χ4n) is 3.12. The van der Waals surface area contributed by atoms with Crippen LogP contribution in [-0.2, 0) is 19.4 Å². The maximum Gasteiger partial charge on any atom is 0.261 e. The zero-order chi connectivity index (χ0) is 15.6. The molecule has 0 bridgehead atoms. The van der Waals surface area contributed by atoms with Crippen molar-refractivity contribution in [3.8, 4) is 0 Å². The highest BCUT2D eigenvalue weighted by atomic mass is 32.1. The first kappa shape index (κ1) is 14.5. The molecule has 0 saturated carbocycles. The van der Waals surface area contributed by atoms with Gasteiger partial charge in [0.15, 0.2) is 0 Å². The van der Waals surface area contributed by atoms with Crippen molar-refractivity contribution in [1.82, 2.24) is 15.3 Å². The number of hydrogen-bond acceptors (Lipinski definition) is 3. The third-order valence-corrected chi connectivity index (χ3v) is 5.56. The summed E-state index contributed by atoms with van der Waals surface area (Å²) in [7, 11) is 0. The van der Waals surface area contributed by atoms with Gasteiger partial charge in [0.2, 0.25) is 0 Å². The normalized spacial score (nSPS) is 14.4. The van der Waals surface area contributed by atoms with Crippen LogP contribution in [0.3, 0.4) is 0 Å². The van der Waals surface area contributed by atoms with Crippen molar-refractivity contribution in [2.24, 2.45) is 0 Å². The van der Waals surface area contributed by atoms with Gasteiger partial charge in [0.1, 0.15) is 5.82 Å². The largest absolute Gasteiger partial charge is 0.344 e. The Balaban J connectivity index is 1.45. The Morgan fingerprint density at radius 2 is 2.09 bits per heavy atom. The third-order valence-electron chi connectivity index (χ3n) is 4.33. The van der Waals surface area contributed by atoms with Gasteiger partial charge in [-0.3, -0.25) is 4.79 Å². The highest BCUT2D eigenvalue weighted by Gasteiger charge is 2.16. The molecule has 0 saturated heterocycles. The van der Waals surface area contributed by atoms with Crippen LogP contribution in [0.25, 0.3) is 11.0 Å². The molecule has 118 valence electrons. The molecular weight excluding hydrogens is 306 g/mol. The zero-order valence-corrected chi connectivity index (χ0v) is 13.7. The number of rotatable bonds is 3. The fraction of sp³-hybridized carbons (Fsp3) is 0.333. The molecular formula is C18H19N3OS. The Labute approximate surface area is 138 Å². The summed E-state index contributed by atoms with van der Waals surface area (Å²) in [5.41, 5.74) is 3.31. The number of amides is 1. The Hall–Kier alpha value is -2.14. The lowest BCUT2D eigenvalue weighted by molar-refractivity contribution is 0.0954. The van der Waals surface area contributed by atoms with Crippen molar-refractivity contribution >= 4 is 28.3 Å². The lowest BCUT2D eigenvalue weighted by atomic mass is 10.1. The van der Waals surface area contributed by atoms with Crippen LogP contribution in [0.1, 0.15) is 45.2 Å². The summed E-state index contributed by atoms with van der Waals surface area (Å²) in [6.45, 7) is 0.427. The number of aromatic nitrogens is 2. The topological polar surface area (TPSA) is 57.8 Å². The van der Waals surface area contributed by atoms with Gasteiger partial charge in [-0.25, -0.2) is 4.98 Å². The molecule has 23 heavy (non-hydrogen) atoms. The summed E-state index contributed by atoms with van der Waals surface area (Å²) in [6, 6.07) is 9.97. The summed E-state index contributed by atoms with van der Waals surface area (Å²) in [5, 5.41) is 2.98. The Morgan fingerprint density at radius 3 is 3.00 bits per heavy atom. The SMILES string of the molecule is O=C(NCc1nc2ccccc2[nH]1)c1cc2c(s1)CCCCC2. The van der Waals surface area contributed by atoms with Crippen LogP contribution in [-0.4, -0.2) is 15.9 Å². The summed E-state index contributed by atoms with van der Waals surface area (Å²) in [5.74, 6) is 0.793. The highest BCUT2D eigenvalue weighted by molar-refractivity contribution is 7.14. The molecule has 0 radical (unpaired) electrons. The van der Waals surface area contributed by atoms with E-state index in [1.165, 1.54) is 29.7 Å². The molecule has 4 nitrogen and oxygen atoms in total. The van der Waals surface area contributed by atoms with Crippen LogP contribution < -0.4 is 5.32 Å². The first-order chi connectivity index (χ1) is 11.3. The Kier molecular flexibility index (Phi) is 3.87. The van der Waals surface area contributed by atoms with E-state index < -0.39 is 0 Å². The zero-order valence-electron chi connectivity index (χ0n) is 12.9. The number of imidazole rings is 1. The van der Waals surface area contributed by atoms with Gasteiger partial charge < -0.3 is 10.3 Å². The van der Waals surface area contributed by atoms with Crippen molar-refractivity contribution in [2.45, 2.75) is 38.6 Å². The van der Waals surface area contributed by atoms with Crippen molar-refractivity contribution in [1.29, 1.82) is 0 Å². The number of aryl methyl sites for hydroxylation is 2. The van der Waals surface area contributed by atoms with Crippen LogP contribution in [0.4, 0.5) is 0 Å². The van der Waals surface area contributed by atoms with Crippen molar-refractivity contribution < 1.29 is 4.79 Å². The number of fused-ring (bicyclic) bond motifs is 2. The first-order valence-electron chi connectivity index (χ1n) is 8.13. The van der Waals surface area contributed by atoms with Gasteiger partial charge in [0, 0.05) is 4.88 Å². The van der Waals surface area contributed by atoms with Gasteiger partial charge in [-0.1, -0.05) is 18.6 Å². The minimum atomic E-state index is 0.00327. The molecule has 5 heteroatoms. The van der Waals surface area contributed by atoms with E-state index >= 15 is 0 Å². The number of nitrogens with one attached hydrogen (secondary N) is 2. The number of para-hydroxylation sites is 2. The van der Waals surface area contributed by atoms with Crippen LogP contribution in [0.15, 0.2) is 30.3 Å². The molecule has 0 fully saturated rings. The van der Waals surface area contributed by atoms with Crippen molar-refractivity contribution in [3.05, 3.63) is 51.5 Å². The van der Waals surface area contributed by atoms with Crippen LogP contribution in [0.2, 0.25) is 0 Å². The number of hydrogen-bond donors (Lipinski definition) is 2. The van der Waals surface area contributed by atoms with E-state index in [1.807, 2.05) is 24.3 Å². The second-order valence-corrected chi connectivity index (χ2v) is 7.14. The second-order valence-electron chi connectivity index (χ2n) is 6.00. The van der Waals surface area contributed by atoms with E-state index in [2.05, 4.69) is 21.4 Å². The lowest BCUT2D eigenvalue weighted by Crippen LogP contribution is -2.22. The summed E-state index contributed by atoms with van der Waals surface area (Å²) in [6.07, 6.45) is 6.02. The van der Waals surface area contributed by atoms with E-state index in [1.54, 1.807) is 11.3 Å². The lowest BCUT2D eigenvalue weighted by Gasteiger charge is -2.00. The predicted octanol–water partition coefficient (Wildman–Crippen LogP) is 3.82. The molecule has 1 aliphatic carbocycles. The first-order valence-corrected chi connectivity index (χ1v) is 8.94. The van der Waals surface area contributed by atoms with E-state index in [0.717, 1.165) is 34.6 Å². The molecule has 1 aliphatic rings. The minimum Gasteiger partial charge on any atom is -0.344 e. The number of carbonyl (C=O) groups excluding carboxylic acids is 1. The molecule has 0 spiro atoms. The second kappa shape index (κ2) is 6.16. The molecule has 0 unspecified atom stereocenters. The van der Waals surface area contributed by atoms with Crippen molar-refractivity contribution in [3.63, 3.8) is 0 Å². The Morgan fingerprint density at radius 1 is 1.22 bits per heavy atom. The summed E-state index contributed by atoms with van der Waals surface area (Å²) < 4.78 is 0. The number of aromatic amines is 1. The summed E-state index contributed by atoms with van der Waals surface area (Å²) in [4.78, 5) is 22.3. The van der Waals surface area contributed by atoms with Gasteiger partial charge in [-0.15, -0.1) is 11.3 Å². The monoisotopic (exact) mass is 325 g/mol. The quantitative estimate of drug-likeness (QED) is 0.719. The standard InChI is InChI=1S/C18H19N3OS/c22-18(16-10-12-6-2-1-3-9-15(12)23-16)19-11-17-20-13-7-4-5-8-14(13)21-17/h4-5,7-8,10H,1-3,6,9,11H2,(H,19,22)(H,20,21). The molecule has 3 aromatic rings. The Bertz CT molecular complexity index is 792. The van der Waals surface area contributed by atoms with Crippen LogP contribution >= 0.6 is 11.3 Å². The minimum absolute atomic E-state index is 0.00327. The van der Waals surface area contributed by atoms with E-state index in [4.69, 9.17) is 0 Å². The number of carbonyl (C=O) groups is 1. The average Bonchev–Trinajstić information content (AvgIpc) is 3.10. The van der Waals surface area contributed by atoms with E-state index in [0.29, 0.717) is 6.54 Å². The molecule has 1 aromatic carbocycles. The molecule has 2 aromatic heterocycles. The van der Waals surface area contributed by atoms with Gasteiger partial charge in [0.05, 0.1) is 22.5 Å². The predicted molar refractivity (Wildman–Crippen MR) is 92.8 cm³/mol. The molecule has 0 aliphatic heterocycles. The van der Waals surface area contributed by atoms with Gasteiger partial charge in [0.25, 0.3) is 5.91 Å². The molecule has 0 atom stereocenters. The van der Waals surface area contributed by atoms with Gasteiger partial charge in [-0.2, -0.15) is 0 Å². The summed E-state index contributed by atoms with van der Waals surface area (Å²) >= 11 is 1.65. The smallest absolute Gasteiger partial charge is 0.261 e.